The highest BCUT2D eigenvalue weighted by molar-refractivity contribution is 5.94. The van der Waals surface area contributed by atoms with Crippen LogP contribution in [0.4, 0.5) is 5.69 Å². The number of hydrogen-bond acceptors (Lipinski definition) is 2. The number of nitrogens with zero attached hydrogens (tertiary/aromatic N) is 1. The highest BCUT2D eigenvalue weighted by Gasteiger charge is 2.17. The van der Waals surface area contributed by atoms with Crippen molar-refractivity contribution in [2.24, 2.45) is 5.92 Å². The lowest BCUT2D eigenvalue weighted by Crippen LogP contribution is -2.28. The second-order valence-electron chi connectivity index (χ2n) is 5.29. The first-order chi connectivity index (χ1) is 8.66. The van der Waals surface area contributed by atoms with Crippen LogP contribution in [0.2, 0.25) is 0 Å². The zero-order chi connectivity index (χ0) is 13.0. The molecule has 0 saturated heterocycles. The van der Waals surface area contributed by atoms with Gasteiger partial charge in [-0.05, 0) is 30.5 Å². The Morgan fingerprint density at radius 2 is 2.11 bits per heavy atom. The summed E-state index contributed by atoms with van der Waals surface area (Å²) in [7, 11) is 1.88. The van der Waals surface area contributed by atoms with Crippen molar-refractivity contribution in [1.29, 1.82) is 0 Å². The van der Waals surface area contributed by atoms with Gasteiger partial charge in [0.25, 0.3) is 5.91 Å². The van der Waals surface area contributed by atoms with E-state index in [0.29, 0.717) is 11.3 Å². The number of benzene rings is 1. The van der Waals surface area contributed by atoms with Gasteiger partial charge in [-0.3, -0.25) is 4.79 Å². The monoisotopic (exact) mass is 246 g/mol. The fraction of sp³-hybridized carbons (Fsp3) is 0.533. The third-order valence-corrected chi connectivity index (χ3v) is 3.83. The van der Waals surface area contributed by atoms with Gasteiger partial charge in [-0.1, -0.05) is 31.7 Å². The number of carbonyl (C=O) groups excluding carboxylic acids is 1. The summed E-state index contributed by atoms with van der Waals surface area (Å²) >= 11 is 0. The van der Waals surface area contributed by atoms with E-state index in [0.717, 1.165) is 18.9 Å². The molecule has 0 aliphatic heterocycles. The maximum Gasteiger partial charge on any atom is 0.253 e. The van der Waals surface area contributed by atoms with Gasteiger partial charge >= 0.3 is 0 Å². The van der Waals surface area contributed by atoms with E-state index in [1.54, 1.807) is 12.1 Å². The molecule has 1 fully saturated rings. The second-order valence-corrected chi connectivity index (χ2v) is 5.29. The Labute approximate surface area is 109 Å². The third kappa shape index (κ3) is 3.25. The molecule has 1 aliphatic rings. The van der Waals surface area contributed by atoms with Crippen molar-refractivity contribution in [3.8, 4) is 0 Å². The maximum absolute atomic E-state index is 12.2. The van der Waals surface area contributed by atoms with E-state index in [4.69, 9.17) is 5.73 Å². The van der Waals surface area contributed by atoms with Gasteiger partial charge in [0.15, 0.2) is 0 Å². The Morgan fingerprint density at radius 3 is 2.78 bits per heavy atom. The number of amides is 1. The molecule has 0 unspecified atom stereocenters. The number of carbonyl (C=O) groups is 1. The molecule has 1 saturated carbocycles. The highest BCUT2D eigenvalue weighted by atomic mass is 16.2. The SMILES string of the molecule is CN(CCC1CCCC1)C(=O)c1cccc(N)c1. The second kappa shape index (κ2) is 5.89. The fourth-order valence-corrected chi connectivity index (χ4v) is 2.67. The molecule has 0 bridgehead atoms. The largest absolute Gasteiger partial charge is 0.399 e. The first-order valence-electron chi connectivity index (χ1n) is 6.78. The molecule has 98 valence electrons. The molecule has 1 amide bonds. The van der Waals surface area contributed by atoms with E-state index in [2.05, 4.69) is 0 Å². The van der Waals surface area contributed by atoms with Crippen LogP contribution in [-0.2, 0) is 0 Å². The van der Waals surface area contributed by atoms with E-state index in [1.165, 1.54) is 25.7 Å². The zero-order valence-corrected chi connectivity index (χ0v) is 11.1. The van der Waals surface area contributed by atoms with Crippen molar-refractivity contribution in [3.05, 3.63) is 29.8 Å². The maximum atomic E-state index is 12.2. The van der Waals surface area contributed by atoms with Crippen molar-refractivity contribution in [2.45, 2.75) is 32.1 Å². The van der Waals surface area contributed by atoms with Gasteiger partial charge in [0, 0.05) is 24.8 Å². The summed E-state index contributed by atoms with van der Waals surface area (Å²) in [5.41, 5.74) is 7.03. The average molecular weight is 246 g/mol. The van der Waals surface area contributed by atoms with Crippen molar-refractivity contribution in [2.75, 3.05) is 19.3 Å². The van der Waals surface area contributed by atoms with E-state index < -0.39 is 0 Å². The minimum atomic E-state index is 0.0697. The molecule has 0 radical (unpaired) electrons. The van der Waals surface area contributed by atoms with Crippen LogP contribution >= 0.6 is 0 Å². The molecule has 0 spiro atoms. The molecule has 0 atom stereocenters. The number of anilines is 1. The molecular weight excluding hydrogens is 224 g/mol. The van der Waals surface area contributed by atoms with Crippen LogP contribution in [0.1, 0.15) is 42.5 Å². The lowest BCUT2D eigenvalue weighted by atomic mass is 10.0. The lowest BCUT2D eigenvalue weighted by molar-refractivity contribution is 0.0787. The van der Waals surface area contributed by atoms with Gasteiger partial charge in [-0.25, -0.2) is 0 Å². The van der Waals surface area contributed by atoms with Gasteiger partial charge in [0.2, 0.25) is 0 Å². The molecular formula is C15H22N2O. The molecule has 3 heteroatoms. The standard InChI is InChI=1S/C15H22N2O/c1-17(10-9-12-5-2-3-6-12)15(18)13-7-4-8-14(16)11-13/h4,7-8,11-12H,2-3,5-6,9-10,16H2,1H3. The van der Waals surface area contributed by atoms with Crippen LogP contribution in [0.15, 0.2) is 24.3 Å². The van der Waals surface area contributed by atoms with Gasteiger partial charge in [-0.2, -0.15) is 0 Å². The molecule has 18 heavy (non-hydrogen) atoms. The van der Waals surface area contributed by atoms with Crippen LogP contribution in [0.25, 0.3) is 0 Å². The molecule has 3 nitrogen and oxygen atoms in total. The highest BCUT2D eigenvalue weighted by Crippen LogP contribution is 2.27. The summed E-state index contributed by atoms with van der Waals surface area (Å²) < 4.78 is 0. The number of nitrogens with two attached hydrogens (primary N) is 1. The number of hydrogen-bond donors (Lipinski definition) is 1. The normalized spacial score (nSPS) is 15.8. The smallest absolute Gasteiger partial charge is 0.253 e. The Kier molecular flexibility index (Phi) is 4.24. The molecule has 1 aromatic carbocycles. The van der Waals surface area contributed by atoms with Crippen molar-refractivity contribution < 1.29 is 4.79 Å². The van der Waals surface area contributed by atoms with E-state index in [-0.39, 0.29) is 5.91 Å². The average Bonchev–Trinajstić information content (AvgIpc) is 2.88. The van der Waals surface area contributed by atoms with Crippen molar-refractivity contribution in [1.82, 2.24) is 4.90 Å². The Hall–Kier alpha value is -1.51. The first kappa shape index (κ1) is 12.9. The summed E-state index contributed by atoms with van der Waals surface area (Å²) in [6.07, 6.45) is 6.51. The van der Waals surface area contributed by atoms with Crippen LogP contribution in [-0.4, -0.2) is 24.4 Å². The summed E-state index contributed by atoms with van der Waals surface area (Å²) in [5, 5.41) is 0. The van der Waals surface area contributed by atoms with E-state index in [9.17, 15) is 4.79 Å². The van der Waals surface area contributed by atoms with Crippen LogP contribution < -0.4 is 5.73 Å². The Morgan fingerprint density at radius 1 is 1.39 bits per heavy atom. The quantitative estimate of drug-likeness (QED) is 0.830. The summed E-state index contributed by atoms with van der Waals surface area (Å²) in [4.78, 5) is 14.0. The summed E-state index contributed by atoms with van der Waals surface area (Å²) in [6, 6.07) is 7.20. The summed E-state index contributed by atoms with van der Waals surface area (Å²) in [6.45, 7) is 0.846. The van der Waals surface area contributed by atoms with Gasteiger partial charge in [-0.15, -0.1) is 0 Å². The molecule has 2 N–H and O–H groups in total. The van der Waals surface area contributed by atoms with Crippen LogP contribution in [0.5, 0.6) is 0 Å². The van der Waals surface area contributed by atoms with Crippen LogP contribution in [0.3, 0.4) is 0 Å². The van der Waals surface area contributed by atoms with E-state index in [1.807, 2.05) is 24.1 Å². The minimum Gasteiger partial charge on any atom is -0.399 e. The predicted molar refractivity (Wildman–Crippen MR) is 74.4 cm³/mol. The van der Waals surface area contributed by atoms with Crippen LogP contribution in [0, 0.1) is 5.92 Å². The van der Waals surface area contributed by atoms with Gasteiger partial charge in [0.05, 0.1) is 0 Å². The number of rotatable bonds is 4. The number of nitrogen functional groups attached to an aromatic ring is 1. The first-order valence-corrected chi connectivity index (χ1v) is 6.78. The zero-order valence-electron chi connectivity index (χ0n) is 11.1. The lowest BCUT2D eigenvalue weighted by Gasteiger charge is -2.19. The summed E-state index contributed by atoms with van der Waals surface area (Å²) in [5.74, 6) is 0.890. The van der Waals surface area contributed by atoms with Gasteiger partial charge in [0.1, 0.15) is 0 Å². The topological polar surface area (TPSA) is 46.3 Å². The molecule has 1 aliphatic carbocycles. The molecule has 1 aromatic rings. The van der Waals surface area contributed by atoms with Crippen molar-refractivity contribution in [3.63, 3.8) is 0 Å². The Bertz CT molecular complexity index is 411. The Balaban J connectivity index is 1.87. The minimum absolute atomic E-state index is 0.0697. The molecule has 2 rings (SSSR count). The van der Waals surface area contributed by atoms with Gasteiger partial charge < -0.3 is 10.6 Å². The predicted octanol–water partition coefficient (Wildman–Crippen LogP) is 2.92. The fourth-order valence-electron chi connectivity index (χ4n) is 2.67. The molecule has 0 aromatic heterocycles. The third-order valence-electron chi connectivity index (χ3n) is 3.83. The molecule has 0 heterocycles. The van der Waals surface area contributed by atoms with E-state index >= 15 is 0 Å². The van der Waals surface area contributed by atoms with Crippen molar-refractivity contribution >= 4 is 11.6 Å².